The molecule has 0 aliphatic heterocycles. The van der Waals surface area contributed by atoms with Crippen LogP contribution in [0.25, 0.3) is 0 Å². The van der Waals surface area contributed by atoms with E-state index in [0.29, 0.717) is 5.82 Å². The normalized spacial score (nSPS) is 19.8. The van der Waals surface area contributed by atoms with Crippen LogP contribution >= 0.6 is 0 Å². The van der Waals surface area contributed by atoms with Gasteiger partial charge in [0.25, 0.3) is 0 Å². The van der Waals surface area contributed by atoms with E-state index in [1.54, 1.807) is 7.11 Å². The summed E-state index contributed by atoms with van der Waals surface area (Å²) in [6.07, 6.45) is 2.29. The maximum absolute atomic E-state index is 5.44. The lowest BCUT2D eigenvalue weighted by Crippen LogP contribution is -2.32. The lowest BCUT2D eigenvalue weighted by molar-refractivity contribution is 0.0213. The van der Waals surface area contributed by atoms with Gasteiger partial charge in [0.05, 0.1) is 5.60 Å². The van der Waals surface area contributed by atoms with Gasteiger partial charge in [-0.3, -0.25) is 0 Å². The van der Waals surface area contributed by atoms with E-state index >= 15 is 0 Å². The first kappa shape index (κ1) is 10.2. The summed E-state index contributed by atoms with van der Waals surface area (Å²) < 4.78 is 5.44. The Kier molecular flexibility index (Phi) is 4.18. The molecule has 1 nitrogen and oxygen atoms in total. The lowest BCUT2D eigenvalue weighted by Gasteiger charge is -2.33. The Morgan fingerprint density at radius 2 is 2.00 bits per heavy atom. The summed E-state index contributed by atoms with van der Waals surface area (Å²) in [6.45, 7) is 2.18. The summed E-state index contributed by atoms with van der Waals surface area (Å²) in [7, 11) is 8.43. The summed E-state index contributed by atoms with van der Waals surface area (Å²) in [6, 6.07) is 0. The highest BCUT2D eigenvalue weighted by molar-refractivity contribution is 6.20. The molecule has 56 valence electrons. The van der Waals surface area contributed by atoms with E-state index in [4.69, 9.17) is 4.74 Å². The predicted molar refractivity (Wildman–Crippen MR) is 54.4 cm³/mol. The molecule has 10 heavy (non-hydrogen) atoms. The summed E-state index contributed by atoms with van der Waals surface area (Å²) in [5, 5.41) is 0. The van der Waals surface area contributed by atoms with Crippen molar-refractivity contribution >= 4 is 23.5 Å². The molecule has 0 fully saturated rings. The van der Waals surface area contributed by atoms with Crippen LogP contribution in [0.15, 0.2) is 0 Å². The van der Waals surface area contributed by atoms with Crippen LogP contribution in [0, 0.1) is 0 Å². The predicted octanol–water partition coefficient (Wildman–Crippen LogP) is -1.08. The van der Waals surface area contributed by atoms with Crippen LogP contribution in [0.3, 0.4) is 0 Å². The van der Waals surface area contributed by atoms with Gasteiger partial charge in [-0.15, -0.1) is 0 Å². The van der Waals surface area contributed by atoms with Gasteiger partial charge in [0.15, 0.2) is 0 Å². The van der Waals surface area contributed by atoms with Crippen LogP contribution in [-0.4, -0.2) is 36.2 Å². The van der Waals surface area contributed by atoms with Crippen molar-refractivity contribution in [2.75, 3.05) is 7.11 Å². The molecule has 0 saturated carbocycles. The van der Waals surface area contributed by atoms with E-state index in [0.717, 1.165) is 6.32 Å². The fourth-order valence-corrected chi connectivity index (χ4v) is 1.13. The largest absolute Gasteiger partial charge is 0.380 e. The van der Waals surface area contributed by atoms with Crippen molar-refractivity contribution < 1.29 is 4.74 Å². The minimum Gasteiger partial charge on any atom is -0.380 e. The molecule has 0 amide bonds. The second kappa shape index (κ2) is 4.12. The minimum absolute atomic E-state index is 0.0920. The Morgan fingerprint density at radius 1 is 1.50 bits per heavy atom. The molecule has 0 spiro atoms. The number of ether oxygens (including phenoxy) is 1. The van der Waals surface area contributed by atoms with Gasteiger partial charge in [0.1, 0.15) is 23.5 Å². The first-order valence-electron chi connectivity index (χ1n) is 4.15. The summed E-state index contributed by atoms with van der Waals surface area (Å²) in [4.78, 5) is 0. The maximum Gasteiger partial charge on any atom is 0.108 e. The van der Waals surface area contributed by atoms with Crippen molar-refractivity contribution in [2.24, 2.45) is 0 Å². The molecule has 0 bridgehead atoms. The Labute approximate surface area is 67.1 Å². The first-order valence-corrected chi connectivity index (χ1v) is 4.15. The van der Waals surface area contributed by atoms with Crippen LogP contribution < -0.4 is 0 Å². The maximum atomic E-state index is 5.44. The zero-order valence-electron chi connectivity index (χ0n) is 7.90. The van der Waals surface area contributed by atoms with E-state index in [1.165, 1.54) is 6.32 Å². The van der Waals surface area contributed by atoms with Crippen molar-refractivity contribution in [1.82, 2.24) is 0 Å². The highest BCUT2D eigenvalue weighted by Crippen LogP contribution is 2.28. The zero-order valence-corrected chi connectivity index (χ0v) is 7.90. The lowest BCUT2D eigenvalue weighted by atomic mass is 9.63. The molecule has 0 aromatic rings. The molecule has 1 unspecified atom stereocenters. The smallest absolute Gasteiger partial charge is 0.108 e. The summed E-state index contributed by atoms with van der Waals surface area (Å²) >= 11 is 0. The fourth-order valence-electron chi connectivity index (χ4n) is 1.13. The number of hydrogen-bond donors (Lipinski definition) is 0. The molecule has 0 saturated heterocycles. The van der Waals surface area contributed by atoms with E-state index in [1.807, 2.05) is 0 Å². The van der Waals surface area contributed by atoms with Gasteiger partial charge in [-0.05, 0) is 12.7 Å². The Morgan fingerprint density at radius 3 is 2.10 bits per heavy atom. The van der Waals surface area contributed by atoms with Crippen molar-refractivity contribution in [1.29, 1.82) is 0 Å². The van der Waals surface area contributed by atoms with Gasteiger partial charge in [0.2, 0.25) is 0 Å². The van der Waals surface area contributed by atoms with Crippen molar-refractivity contribution in [3.63, 3.8) is 0 Å². The van der Waals surface area contributed by atoms with E-state index in [-0.39, 0.29) is 5.60 Å². The molecule has 4 heteroatoms. The van der Waals surface area contributed by atoms with Gasteiger partial charge < -0.3 is 4.74 Å². The molecular weight excluding hydrogens is 121 g/mol. The molecule has 0 radical (unpaired) electrons. The highest BCUT2D eigenvalue weighted by Gasteiger charge is 2.26. The van der Waals surface area contributed by atoms with E-state index in [2.05, 4.69) is 30.5 Å². The molecule has 0 aromatic heterocycles. The third kappa shape index (κ3) is 2.08. The van der Waals surface area contributed by atoms with E-state index in [9.17, 15) is 0 Å². The third-order valence-electron chi connectivity index (χ3n) is 2.82. The zero-order chi connectivity index (χ0) is 8.20. The quantitative estimate of drug-likeness (QED) is 0.448. The minimum atomic E-state index is 0.0920. The molecule has 2 atom stereocenters. The molecule has 0 rings (SSSR count). The number of hydrogen-bond acceptors (Lipinski definition) is 1. The van der Waals surface area contributed by atoms with Gasteiger partial charge >= 0.3 is 0 Å². The molecule has 0 aliphatic carbocycles. The SMILES string of the molecule is BC[C@H](B)C(C)(CB)OC. The average molecular weight is 138 g/mol. The Hall–Kier alpha value is 0.155. The van der Waals surface area contributed by atoms with Crippen LogP contribution in [-0.2, 0) is 4.74 Å². The van der Waals surface area contributed by atoms with E-state index < -0.39 is 0 Å². The molecular formula is C6H17B3O. The van der Waals surface area contributed by atoms with Crippen LogP contribution in [0.4, 0.5) is 0 Å². The van der Waals surface area contributed by atoms with Gasteiger partial charge in [0, 0.05) is 7.11 Å². The highest BCUT2D eigenvalue weighted by atomic mass is 16.5. The topological polar surface area (TPSA) is 9.23 Å². The monoisotopic (exact) mass is 138 g/mol. The third-order valence-corrected chi connectivity index (χ3v) is 2.82. The molecule has 0 heterocycles. The van der Waals surface area contributed by atoms with Crippen molar-refractivity contribution in [3.8, 4) is 0 Å². The van der Waals surface area contributed by atoms with Gasteiger partial charge in [-0.2, -0.15) is 0 Å². The van der Waals surface area contributed by atoms with Crippen molar-refractivity contribution in [3.05, 3.63) is 0 Å². The average Bonchev–Trinajstić information content (AvgIpc) is 2.01. The molecule has 0 aromatic carbocycles. The molecule has 0 N–H and O–H groups in total. The van der Waals surface area contributed by atoms with Gasteiger partial charge in [-0.25, -0.2) is 0 Å². The van der Waals surface area contributed by atoms with Crippen LogP contribution in [0.1, 0.15) is 6.92 Å². The fraction of sp³-hybridized carbons (Fsp3) is 1.00. The number of rotatable bonds is 4. The van der Waals surface area contributed by atoms with Crippen LogP contribution in [0.2, 0.25) is 18.5 Å². The number of methoxy groups -OCH3 is 1. The first-order chi connectivity index (χ1) is 4.60. The second-order valence-corrected chi connectivity index (χ2v) is 3.18. The summed E-state index contributed by atoms with van der Waals surface area (Å²) in [5.74, 6) is 0.655. The Balaban J connectivity index is 4.02. The van der Waals surface area contributed by atoms with Crippen LogP contribution in [0.5, 0.6) is 0 Å². The summed E-state index contributed by atoms with van der Waals surface area (Å²) in [5.41, 5.74) is 0.0920. The van der Waals surface area contributed by atoms with Gasteiger partial charge in [-0.1, -0.05) is 12.6 Å². The Bertz CT molecular complexity index is 93.0. The standard InChI is InChI=1S/C6H17B3O/c1-6(4-8,10-2)5(9)3-7/h5H,3-4,7-9H2,1-2H3/t5-,6?/m0/s1. The van der Waals surface area contributed by atoms with Crippen molar-refractivity contribution in [2.45, 2.75) is 31.0 Å². The second-order valence-electron chi connectivity index (χ2n) is 3.18. The molecule has 0 aliphatic rings.